The van der Waals surface area contributed by atoms with Gasteiger partial charge >= 0.3 is 5.76 Å². The van der Waals surface area contributed by atoms with Crippen molar-refractivity contribution in [2.24, 2.45) is 12.8 Å². The highest BCUT2D eigenvalue weighted by Gasteiger charge is 2.15. The largest absolute Gasteiger partial charge is 0.419 e. The van der Waals surface area contributed by atoms with Gasteiger partial charge in [0.1, 0.15) is 0 Å². The van der Waals surface area contributed by atoms with Crippen molar-refractivity contribution in [2.45, 2.75) is 32.4 Å². The van der Waals surface area contributed by atoms with Crippen LogP contribution in [0.2, 0.25) is 0 Å². The van der Waals surface area contributed by atoms with E-state index in [0.29, 0.717) is 12.1 Å². The molecule has 0 radical (unpaired) electrons. The van der Waals surface area contributed by atoms with E-state index in [1.165, 1.54) is 4.57 Å². The van der Waals surface area contributed by atoms with Gasteiger partial charge in [-0.05, 0) is 44.5 Å². The highest BCUT2D eigenvalue weighted by atomic mass is 16.4. The maximum atomic E-state index is 11.4. The van der Waals surface area contributed by atoms with Gasteiger partial charge in [-0.1, -0.05) is 6.07 Å². The molecule has 0 unspecified atom stereocenters. The second-order valence-electron chi connectivity index (χ2n) is 5.51. The van der Waals surface area contributed by atoms with Crippen LogP contribution in [-0.2, 0) is 13.6 Å². The Morgan fingerprint density at radius 2 is 2.16 bits per heavy atom. The third-order valence-electron chi connectivity index (χ3n) is 3.40. The number of nitrogens with one attached hydrogen (secondary N) is 1. The zero-order chi connectivity index (χ0) is 14.0. The van der Waals surface area contributed by atoms with Crippen LogP contribution in [0.5, 0.6) is 0 Å². The molecular weight excluding hydrogens is 242 g/mol. The second-order valence-corrected chi connectivity index (χ2v) is 5.51. The summed E-state index contributed by atoms with van der Waals surface area (Å²) in [7, 11) is 1.70. The van der Waals surface area contributed by atoms with Crippen LogP contribution in [-0.4, -0.2) is 16.7 Å². The van der Waals surface area contributed by atoms with Crippen LogP contribution in [0, 0.1) is 0 Å². The molecule has 3 N–H and O–H groups in total. The smallest absolute Gasteiger partial charge is 0.408 e. The summed E-state index contributed by atoms with van der Waals surface area (Å²) in [6.45, 7) is 5.64. The number of nitrogens with two attached hydrogens (primary N) is 1. The van der Waals surface area contributed by atoms with E-state index in [2.05, 4.69) is 19.2 Å². The van der Waals surface area contributed by atoms with Crippen molar-refractivity contribution in [3.05, 3.63) is 34.3 Å². The fraction of sp³-hybridized carbons (Fsp3) is 0.500. The molecule has 19 heavy (non-hydrogen) atoms. The number of aromatic nitrogens is 1. The highest BCUT2D eigenvalue weighted by molar-refractivity contribution is 5.73. The van der Waals surface area contributed by atoms with E-state index in [4.69, 9.17) is 10.2 Å². The number of hydrogen-bond donors (Lipinski definition) is 2. The average Bonchev–Trinajstić information content (AvgIpc) is 2.62. The van der Waals surface area contributed by atoms with Crippen LogP contribution in [0.15, 0.2) is 27.4 Å². The summed E-state index contributed by atoms with van der Waals surface area (Å²) >= 11 is 0. The van der Waals surface area contributed by atoms with Crippen LogP contribution in [0.25, 0.3) is 11.1 Å². The Kier molecular flexibility index (Phi) is 3.78. The van der Waals surface area contributed by atoms with E-state index < -0.39 is 0 Å². The summed E-state index contributed by atoms with van der Waals surface area (Å²) in [4.78, 5) is 11.4. The van der Waals surface area contributed by atoms with E-state index in [1.807, 2.05) is 18.2 Å². The molecule has 0 saturated carbocycles. The van der Waals surface area contributed by atoms with E-state index in [-0.39, 0.29) is 11.3 Å². The highest BCUT2D eigenvalue weighted by Crippen LogP contribution is 2.15. The summed E-state index contributed by atoms with van der Waals surface area (Å²) < 4.78 is 6.68. The van der Waals surface area contributed by atoms with Gasteiger partial charge in [-0.15, -0.1) is 0 Å². The molecule has 0 aliphatic rings. The van der Waals surface area contributed by atoms with Gasteiger partial charge in [-0.3, -0.25) is 4.57 Å². The molecule has 104 valence electrons. The standard InChI is InChI=1S/C14H21N3O2/c1-14(2,6-7-15)16-9-10-4-5-11-12(8-10)19-13(18)17(11)3/h4-5,8,16H,6-7,9,15H2,1-3H3. The number of oxazole rings is 1. The minimum atomic E-state index is -0.330. The van der Waals surface area contributed by atoms with Gasteiger partial charge < -0.3 is 15.5 Å². The summed E-state index contributed by atoms with van der Waals surface area (Å²) in [5.41, 5.74) is 8.12. The predicted molar refractivity (Wildman–Crippen MR) is 76.0 cm³/mol. The number of nitrogens with zero attached hydrogens (tertiary/aromatic N) is 1. The van der Waals surface area contributed by atoms with Gasteiger partial charge in [0.2, 0.25) is 0 Å². The van der Waals surface area contributed by atoms with Crippen molar-refractivity contribution in [2.75, 3.05) is 6.54 Å². The first-order valence-electron chi connectivity index (χ1n) is 6.46. The molecule has 2 rings (SSSR count). The first-order valence-corrected chi connectivity index (χ1v) is 6.46. The van der Waals surface area contributed by atoms with Crippen LogP contribution < -0.4 is 16.8 Å². The fourth-order valence-corrected chi connectivity index (χ4v) is 2.08. The lowest BCUT2D eigenvalue weighted by molar-refractivity contribution is 0.365. The normalized spacial score (nSPS) is 12.2. The lowest BCUT2D eigenvalue weighted by Crippen LogP contribution is -2.40. The van der Waals surface area contributed by atoms with Gasteiger partial charge in [0.25, 0.3) is 0 Å². The Labute approximate surface area is 112 Å². The number of rotatable bonds is 5. The Morgan fingerprint density at radius 1 is 1.42 bits per heavy atom. The molecule has 2 aromatic rings. The third kappa shape index (κ3) is 3.05. The zero-order valence-corrected chi connectivity index (χ0v) is 11.7. The zero-order valence-electron chi connectivity index (χ0n) is 11.7. The Bertz CT molecular complexity index is 625. The van der Waals surface area contributed by atoms with E-state index >= 15 is 0 Å². The quantitative estimate of drug-likeness (QED) is 0.854. The third-order valence-corrected chi connectivity index (χ3v) is 3.40. The van der Waals surface area contributed by atoms with Gasteiger partial charge in [0, 0.05) is 19.1 Å². The molecule has 0 saturated heterocycles. The monoisotopic (exact) mass is 263 g/mol. The molecule has 1 heterocycles. The number of hydrogen-bond acceptors (Lipinski definition) is 4. The fourth-order valence-electron chi connectivity index (χ4n) is 2.08. The Balaban J connectivity index is 2.16. The van der Waals surface area contributed by atoms with Crippen molar-refractivity contribution in [1.29, 1.82) is 0 Å². The average molecular weight is 263 g/mol. The lowest BCUT2D eigenvalue weighted by Gasteiger charge is -2.25. The van der Waals surface area contributed by atoms with Crippen molar-refractivity contribution in [3.63, 3.8) is 0 Å². The predicted octanol–water partition coefficient (Wildman–Crippen LogP) is 1.35. The van der Waals surface area contributed by atoms with Gasteiger partial charge in [-0.2, -0.15) is 0 Å². The molecule has 0 bridgehead atoms. The van der Waals surface area contributed by atoms with E-state index in [0.717, 1.165) is 24.0 Å². The SMILES string of the molecule is Cn1c(=O)oc2cc(CNC(C)(C)CCN)ccc21. The first kappa shape index (κ1) is 13.8. The van der Waals surface area contributed by atoms with Crippen molar-refractivity contribution in [1.82, 2.24) is 9.88 Å². The van der Waals surface area contributed by atoms with E-state index in [9.17, 15) is 4.79 Å². The van der Waals surface area contributed by atoms with Gasteiger partial charge in [0.15, 0.2) is 5.58 Å². The summed E-state index contributed by atoms with van der Waals surface area (Å²) in [6.07, 6.45) is 0.912. The number of fused-ring (bicyclic) bond motifs is 1. The molecule has 5 heteroatoms. The molecule has 0 atom stereocenters. The minimum Gasteiger partial charge on any atom is -0.408 e. The molecule has 0 aliphatic carbocycles. The minimum absolute atomic E-state index is 0.00122. The van der Waals surface area contributed by atoms with Gasteiger partial charge in [-0.25, -0.2) is 4.79 Å². The Hall–Kier alpha value is -1.59. The topological polar surface area (TPSA) is 73.2 Å². The van der Waals surface area contributed by atoms with Crippen LogP contribution >= 0.6 is 0 Å². The molecule has 1 aromatic carbocycles. The van der Waals surface area contributed by atoms with Crippen LogP contribution in [0.1, 0.15) is 25.8 Å². The molecule has 5 nitrogen and oxygen atoms in total. The second kappa shape index (κ2) is 5.19. The molecule has 0 amide bonds. The number of aryl methyl sites for hydroxylation is 1. The van der Waals surface area contributed by atoms with Crippen molar-refractivity contribution >= 4 is 11.1 Å². The molecule has 1 aromatic heterocycles. The lowest BCUT2D eigenvalue weighted by atomic mass is 10.0. The Morgan fingerprint density at radius 3 is 2.84 bits per heavy atom. The molecule has 0 spiro atoms. The van der Waals surface area contributed by atoms with Crippen molar-refractivity contribution in [3.8, 4) is 0 Å². The first-order chi connectivity index (χ1) is 8.93. The maximum Gasteiger partial charge on any atom is 0.419 e. The summed E-state index contributed by atoms with van der Waals surface area (Å²) in [6, 6.07) is 5.82. The van der Waals surface area contributed by atoms with Crippen molar-refractivity contribution < 1.29 is 4.42 Å². The van der Waals surface area contributed by atoms with E-state index in [1.54, 1.807) is 7.05 Å². The molecule has 0 fully saturated rings. The van der Waals surface area contributed by atoms with Gasteiger partial charge in [0.05, 0.1) is 5.52 Å². The summed E-state index contributed by atoms with van der Waals surface area (Å²) in [5, 5.41) is 3.46. The number of benzene rings is 1. The summed E-state index contributed by atoms with van der Waals surface area (Å²) in [5.74, 6) is -0.330. The molecular formula is C14H21N3O2. The maximum absolute atomic E-state index is 11.4. The van der Waals surface area contributed by atoms with Crippen LogP contribution in [0.3, 0.4) is 0 Å². The van der Waals surface area contributed by atoms with Crippen LogP contribution in [0.4, 0.5) is 0 Å². The molecule has 0 aliphatic heterocycles.